The van der Waals surface area contributed by atoms with E-state index in [0.29, 0.717) is 38.2 Å². The molecule has 0 aliphatic carbocycles. The van der Waals surface area contributed by atoms with Crippen LogP contribution in [0.15, 0.2) is 45.3 Å². The van der Waals surface area contributed by atoms with Gasteiger partial charge in [0.15, 0.2) is 54.3 Å². The zero-order valence-corrected chi connectivity index (χ0v) is 48.0. The van der Waals surface area contributed by atoms with Crippen LogP contribution in [0.2, 0.25) is 0 Å². The Morgan fingerprint density at radius 2 is 0.646 bits per heavy atom. The van der Waals surface area contributed by atoms with Crippen molar-refractivity contribution >= 4 is 80.0 Å². The van der Waals surface area contributed by atoms with E-state index in [-0.39, 0.29) is 161 Å². The van der Waals surface area contributed by atoms with Crippen LogP contribution in [0.4, 0.5) is 0 Å². The van der Waals surface area contributed by atoms with Gasteiger partial charge in [-0.2, -0.15) is 0 Å². The predicted molar refractivity (Wildman–Crippen MR) is 285 cm³/mol. The highest BCUT2D eigenvalue weighted by atomic mass is 79.9. The number of methoxy groups -OCH3 is 6. The summed E-state index contributed by atoms with van der Waals surface area (Å²) in [4.78, 5) is 53.2. The Bertz CT molecular complexity index is 2310. The van der Waals surface area contributed by atoms with Crippen LogP contribution in [-0.4, -0.2) is 201 Å². The van der Waals surface area contributed by atoms with Crippen LogP contribution in [0.5, 0.6) is 11.5 Å². The van der Waals surface area contributed by atoms with Gasteiger partial charge < -0.3 is 99.5 Å². The first kappa shape index (κ1) is 68.3. The van der Waals surface area contributed by atoms with E-state index in [9.17, 15) is 19.2 Å². The Morgan fingerprint density at radius 3 is 1.00 bits per heavy atom. The largest absolute Gasteiger partial charge is 0.496 e. The van der Waals surface area contributed by atoms with Crippen molar-refractivity contribution in [1.82, 2.24) is 0 Å². The van der Waals surface area contributed by atoms with Crippen molar-refractivity contribution < 1.29 is 119 Å². The maximum atomic E-state index is 13.4. The van der Waals surface area contributed by atoms with Crippen molar-refractivity contribution in [3.63, 3.8) is 0 Å². The molecule has 440 valence electrons. The molecule has 0 bridgehead atoms. The van der Waals surface area contributed by atoms with Crippen molar-refractivity contribution in [3.05, 3.63) is 89.9 Å². The van der Waals surface area contributed by atoms with E-state index in [1.165, 1.54) is 66.9 Å². The van der Waals surface area contributed by atoms with Crippen LogP contribution >= 0.6 is 31.9 Å². The second-order valence-corrected chi connectivity index (χ2v) is 16.9. The van der Waals surface area contributed by atoms with Crippen LogP contribution in [0.25, 0.3) is 24.3 Å². The predicted octanol–water partition coefficient (Wildman–Crippen LogP) is 6.54. The monoisotopic (exact) mass is 1250 g/mol. The summed E-state index contributed by atoms with van der Waals surface area (Å²) in [6.07, 6.45) is 6.51. The Morgan fingerprint density at radius 1 is 0.329 bits per heavy atom. The number of rotatable bonds is 45. The van der Waals surface area contributed by atoms with Crippen LogP contribution in [0, 0.1) is 0 Å². The minimum absolute atomic E-state index is 0.00353. The fourth-order valence-electron chi connectivity index (χ4n) is 6.01. The number of carbonyl (C=O) groups excluding carboxylic acids is 4. The molecule has 3 aromatic carbocycles. The number of ether oxygens (including phenoxy) is 21. The molecule has 0 aliphatic rings. The van der Waals surface area contributed by atoms with Gasteiger partial charge in [-0.05, 0) is 79.4 Å². The van der Waals surface area contributed by atoms with E-state index in [0.717, 1.165) is 0 Å². The fraction of sp³-hybridized carbons (Fsp3) is 0.500. The number of benzene rings is 3. The Balaban J connectivity index is 1.82. The lowest BCUT2D eigenvalue weighted by Gasteiger charge is -2.15. The van der Waals surface area contributed by atoms with Gasteiger partial charge in [0, 0.05) is 55.6 Å². The number of halogens is 2. The summed E-state index contributed by atoms with van der Waals surface area (Å²) < 4.78 is 111. The van der Waals surface area contributed by atoms with Gasteiger partial charge in [-0.25, -0.2) is 19.2 Å². The molecule has 0 unspecified atom stereocenters. The maximum Gasteiger partial charge on any atom is 0.339 e. The molecule has 0 saturated carbocycles. The zero-order valence-electron chi connectivity index (χ0n) is 44.9. The van der Waals surface area contributed by atoms with Crippen molar-refractivity contribution in [2.45, 2.75) is 0 Å². The van der Waals surface area contributed by atoms with E-state index in [1.807, 2.05) is 0 Å². The average molecular weight is 1250 g/mol. The van der Waals surface area contributed by atoms with Gasteiger partial charge >= 0.3 is 23.9 Å². The number of hydrogen-bond acceptors (Lipinski definition) is 25. The van der Waals surface area contributed by atoms with Gasteiger partial charge in [0.1, 0.15) is 58.1 Å². The lowest BCUT2D eigenvalue weighted by molar-refractivity contribution is -0.231. The van der Waals surface area contributed by atoms with Crippen molar-refractivity contribution in [1.29, 1.82) is 0 Å². The van der Waals surface area contributed by atoms with Crippen LogP contribution in [0.1, 0.15) is 63.7 Å². The Labute approximate surface area is 474 Å². The van der Waals surface area contributed by atoms with Crippen LogP contribution in [-0.2, 0) is 90.0 Å². The molecule has 25 nitrogen and oxygen atoms in total. The maximum absolute atomic E-state index is 13.4. The lowest BCUT2D eigenvalue weighted by Crippen LogP contribution is -2.14. The molecule has 3 rings (SSSR count). The molecule has 0 saturated heterocycles. The number of carbonyl (C=O) groups is 4. The minimum Gasteiger partial charge on any atom is -0.496 e. The molecular weight excluding hydrogens is 1180 g/mol. The molecule has 0 amide bonds. The molecular formula is C52H68Br2O25. The number of esters is 4. The molecule has 0 aromatic heterocycles. The van der Waals surface area contributed by atoms with Gasteiger partial charge in [0.25, 0.3) is 0 Å². The molecule has 0 atom stereocenters. The summed E-state index contributed by atoms with van der Waals surface area (Å²) in [5.41, 5.74) is 2.03. The number of hydrogen-bond donors (Lipinski definition) is 0. The molecule has 0 aliphatic heterocycles. The van der Waals surface area contributed by atoms with E-state index in [2.05, 4.69) is 31.9 Å². The summed E-state index contributed by atoms with van der Waals surface area (Å²) in [5.74, 6) is -2.04. The van der Waals surface area contributed by atoms with Gasteiger partial charge in [-0.15, -0.1) is 0 Å². The first-order valence-electron chi connectivity index (χ1n) is 23.8. The fourth-order valence-corrected chi connectivity index (χ4v) is 7.02. The second kappa shape index (κ2) is 42.8. The third-order valence-corrected chi connectivity index (χ3v) is 11.0. The average Bonchev–Trinajstić information content (AvgIpc) is 3.46. The third-order valence-electron chi connectivity index (χ3n) is 9.67. The Hall–Kier alpha value is -5.02. The van der Waals surface area contributed by atoms with E-state index < -0.39 is 23.9 Å². The molecule has 0 heterocycles. The Kier molecular flexibility index (Phi) is 37.0. The summed E-state index contributed by atoms with van der Waals surface area (Å²) >= 11 is 6.80. The van der Waals surface area contributed by atoms with E-state index in [4.69, 9.17) is 99.5 Å². The lowest BCUT2D eigenvalue weighted by atomic mass is 10.00. The molecule has 0 radical (unpaired) electrons. The van der Waals surface area contributed by atoms with Crippen molar-refractivity contribution in [3.8, 4) is 11.5 Å². The van der Waals surface area contributed by atoms with Crippen LogP contribution in [0.3, 0.4) is 0 Å². The third kappa shape index (κ3) is 27.3. The highest BCUT2D eigenvalue weighted by molar-refractivity contribution is 9.10. The van der Waals surface area contributed by atoms with E-state index >= 15 is 0 Å². The van der Waals surface area contributed by atoms with Crippen LogP contribution < -0.4 is 9.47 Å². The normalized spacial score (nSPS) is 11.4. The summed E-state index contributed by atoms with van der Waals surface area (Å²) in [7, 11) is 8.87. The van der Waals surface area contributed by atoms with Gasteiger partial charge in [-0.1, -0.05) is 24.3 Å². The van der Waals surface area contributed by atoms with Crippen molar-refractivity contribution in [2.75, 3.05) is 177 Å². The van der Waals surface area contributed by atoms with Crippen molar-refractivity contribution in [2.24, 2.45) is 0 Å². The second-order valence-electron chi connectivity index (χ2n) is 15.2. The summed E-state index contributed by atoms with van der Waals surface area (Å²) in [6.45, 7) is -0.103. The summed E-state index contributed by atoms with van der Waals surface area (Å²) in [5, 5.41) is 0. The summed E-state index contributed by atoms with van der Waals surface area (Å²) in [6, 6.07) is 9.25. The molecule has 27 heteroatoms. The molecule has 3 aromatic rings. The highest BCUT2D eigenvalue weighted by Gasteiger charge is 2.22. The van der Waals surface area contributed by atoms with Gasteiger partial charge in [-0.3, -0.25) is 0 Å². The molecule has 0 fully saturated rings. The minimum atomic E-state index is -0.682. The SMILES string of the molecule is COCCOC(=O)c1cc(/C=C/c2cc(OCCOCOCOCOCOCOCOCOCOCOCOC)c(/C=C/c3cc(C(=O)OCCOC)c(Br)cc3C(=O)OCCOC)cc2OC)c(C(=O)OCCOC)cc1Br. The zero-order chi connectivity index (χ0) is 57.3. The molecule has 79 heavy (non-hydrogen) atoms. The van der Waals surface area contributed by atoms with E-state index in [1.54, 1.807) is 36.4 Å². The quantitative estimate of drug-likeness (QED) is 0.0191. The highest BCUT2D eigenvalue weighted by Crippen LogP contribution is 2.34. The first-order valence-corrected chi connectivity index (χ1v) is 25.4. The van der Waals surface area contributed by atoms with Gasteiger partial charge in [0.05, 0.1) is 62.4 Å². The molecule has 0 N–H and O–H groups in total. The smallest absolute Gasteiger partial charge is 0.339 e. The standard InChI is InChI=1S/C52H68Br2O25/c1-59-11-16-76-49(55)41-25-45(53)43(51(57)78-18-13-61-3)21-37(41)7-9-39-24-48(75-20-15-65-28-67-30-69-32-71-34-73-36-74-35-72-33-70-31-68-29-66-27-63-5)40(23-47(39)64-6)10-8-38-22-44(52(58)79-19-14-62-4)46(54)26-42(38)50(56)77-17-12-60-2/h7-10,21-26H,11-20,27-36H2,1-6H3/b9-7+,10-8+. The van der Waals surface area contributed by atoms with Gasteiger partial charge in [0.2, 0.25) is 0 Å². The topological polar surface area (TPSA) is 262 Å². The molecule has 0 spiro atoms. The first-order chi connectivity index (χ1) is 38.5.